The molecule has 0 saturated carbocycles. The topological polar surface area (TPSA) is 82.2 Å². The Hall–Kier alpha value is -2.13. The van der Waals surface area contributed by atoms with E-state index in [4.69, 9.17) is 11.0 Å². The molecule has 3 N–H and O–H groups in total. The van der Waals surface area contributed by atoms with Gasteiger partial charge in [-0.25, -0.2) is 4.39 Å². The van der Waals surface area contributed by atoms with E-state index in [1.165, 1.54) is 18.2 Å². The van der Waals surface area contributed by atoms with Crippen LogP contribution in [0.25, 0.3) is 0 Å². The van der Waals surface area contributed by atoms with Gasteiger partial charge in [0.05, 0.1) is 18.2 Å². The zero-order valence-corrected chi connectivity index (χ0v) is 12.4. The van der Waals surface area contributed by atoms with Crippen molar-refractivity contribution in [3.8, 4) is 6.07 Å². The van der Waals surface area contributed by atoms with Crippen LogP contribution in [0.2, 0.25) is 0 Å². The van der Waals surface area contributed by atoms with E-state index in [9.17, 15) is 9.18 Å². The monoisotopic (exact) mass is 292 g/mol. The molecule has 0 bridgehead atoms. The number of halogens is 1. The molecule has 0 aliphatic rings. The van der Waals surface area contributed by atoms with Crippen LogP contribution < -0.4 is 11.1 Å². The standard InChI is InChI=1S/C15H21FN4O/c1-11(7-8-17)20(2)9-3-4-15(21)19-12-5-6-13(16)14(18)10-12/h5-6,10-11H,3-4,7,9,18H2,1-2H3,(H,19,21). The molecule has 114 valence electrons. The van der Waals surface area contributed by atoms with Crippen LogP contribution in [0, 0.1) is 17.1 Å². The number of rotatable bonds is 7. The van der Waals surface area contributed by atoms with Crippen LogP contribution in [0.5, 0.6) is 0 Å². The van der Waals surface area contributed by atoms with E-state index in [1.54, 1.807) is 0 Å². The van der Waals surface area contributed by atoms with E-state index in [0.717, 1.165) is 6.54 Å². The van der Waals surface area contributed by atoms with Crippen molar-refractivity contribution < 1.29 is 9.18 Å². The fourth-order valence-electron chi connectivity index (χ4n) is 1.84. The number of nitrogen functional groups attached to an aromatic ring is 1. The summed E-state index contributed by atoms with van der Waals surface area (Å²) in [5, 5.41) is 11.3. The van der Waals surface area contributed by atoms with Gasteiger partial charge in [0, 0.05) is 18.2 Å². The van der Waals surface area contributed by atoms with E-state index in [-0.39, 0.29) is 17.6 Å². The van der Waals surface area contributed by atoms with Crippen molar-refractivity contribution >= 4 is 17.3 Å². The number of benzene rings is 1. The Morgan fingerprint density at radius 2 is 2.29 bits per heavy atom. The molecule has 1 atom stereocenters. The van der Waals surface area contributed by atoms with E-state index in [0.29, 0.717) is 24.9 Å². The number of anilines is 2. The molecule has 1 rings (SSSR count). The molecule has 5 nitrogen and oxygen atoms in total. The molecule has 21 heavy (non-hydrogen) atoms. The lowest BCUT2D eigenvalue weighted by Gasteiger charge is -2.22. The molecular weight excluding hydrogens is 271 g/mol. The summed E-state index contributed by atoms with van der Waals surface area (Å²) < 4.78 is 13.0. The molecule has 1 aromatic carbocycles. The summed E-state index contributed by atoms with van der Waals surface area (Å²) in [6.45, 7) is 2.71. The number of nitrogens with two attached hydrogens (primary N) is 1. The maximum absolute atomic E-state index is 13.0. The van der Waals surface area contributed by atoms with Gasteiger partial charge in [-0.2, -0.15) is 5.26 Å². The van der Waals surface area contributed by atoms with Gasteiger partial charge in [-0.15, -0.1) is 0 Å². The minimum atomic E-state index is -0.499. The summed E-state index contributed by atoms with van der Waals surface area (Å²) >= 11 is 0. The smallest absolute Gasteiger partial charge is 0.224 e. The number of amides is 1. The highest BCUT2D eigenvalue weighted by Gasteiger charge is 2.10. The third kappa shape index (κ3) is 5.79. The summed E-state index contributed by atoms with van der Waals surface area (Å²) in [6.07, 6.45) is 1.52. The summed E-state index contributed by atoms with van der Waals surface area (Å²) in [7, 11) is 1.93. The van der Waals surface area contributed by atoms with Crippen LogP contribution in [-0.2, 0) is 4.79 Å². The van der Waals surface area contributed by atoms with Crippen molar-refractivity contribution in [3.05, 3.63) is 24.0 Å². The van der Waals surface area contributed by atoms with E-state index < -0.39 is 5.82 Å². The average molecular weight is 292 g/mol. The molecule has 0 spiro atoms. The van der Waals surface area contributed by atoms with Gasteiger partial charge >= 0.3 is 0 Å². The molecule has 1 aromatic rings. The summed E-state index contributed by atoms with van der Waals surface area (Å²) in [5.74, 6) is -0.636. The molecule has 0 heterocycles. The molecule has 0 saturated heterocycles. The van der Waals surface area contributed by atoms with Crippen LogP contribution in [0.3, 0.4) is 0 Å². The quantitative estimate of drug-likeness (QED) is 0.756. The van der Waals surface area contributed by atoms with E-state index >= 15 is 0 Å². The lowest BCUT2D eigenvalue weighted by atomic mass is 10.2. The molecule has 1 unspecified atom stereocenters. The van der Waals surface area contributed by atoms with Crippen molar-refractivity contribution in [2.24, 2.45) is 0 Å². The maximum Gasteiger partial charge on any atom is 0.224 e. The molecular formula is C15H21FN4O. The highest BCUT2D eigenvalue weighted by Crippen LogP contribution is 2.16. The van der Waals surface area contributed by atoms with Gasteiger partial charge in [0.2, 0.25) is 5.91 Å². The zero-order valence-electron chi connectivity index (χ0n) is 12.4. The van der Waals surface area contributed by atoms with Crippen LogP contribution in [-0.4, -0.2) is 30.4 Å². The van der Waals surface area contributed by atoms with Gasteiger partial charge in [-0.3, -0.25) is 4.79 Å². The maximum atomic E-state index is 13.0. The first-order valence-electron chi connectivity index (χ1n) is 6.86. The Morgan fingerprint density at radius 3 is 2.90 bits per heavy atom. The first kappa shape index (κ1) is 16.9. The third-order valence-electron chi connectivity index (χ3n) is 3.33. The van der Waals surface area contributed by atoms with E-state index in [1.807, 2.05) is 18.9 Å². The predicted molar refractivity (Wildman–Crippen MR) is 81.0 cm³/mol. The van der Waals surface area contributed by atoms with Crippen molar-refractivity contribution in [2.75, 3.05) is 24.6 Å². The largest absolute Gasteiger partial charge is 0.396 e. The van der Waals surface area contributed by atoms with Gasteiger partial charge < -0.3 is 16.0 Å². The normalized spacial score (nSPS) is 12.0. The highest BCUT2D eigenvalue weighted by atomic mass is 19.1. The second-order valence-corrected chi connectivity index (χ2v) is 5.08. The molecule has 0 fully saturated rings. The first-order chi connectivity index (χ1) is 9.93. The molecule has 0 aliphatic carbocycles. The van der Waals surface area contributed by atoms with Crippen molar-refractivity contribution in [2.45, 2.75) is 32.2 Å². The molecule has 0 aromatic heterocycles. The minimum Gasteiger partial charge on any atom is -0.396 e. The lowest BCUT2D eigenvalue weighted by molar-refractivity contribution is -0.116. The van der Waals surface area contributed by atoms with Crippen LogP contribution in [0.1, 0.15) is 26.2 Å². The van der Waals surface area contributed by atoms with Gasteiger partial charge in [0.25, 0.3) is 0 Å². The second kappa shape index (κ2) is 8.22. The average Bonchev–Trinajstić information content (AvgIpc) is 2.43. The number of hydrogen-bond donors (Lipinski definition) is 2. The zero-order chi connectivity index (χ0) is 15.8. The molecule has 0 aliphatic heterocycles. The SMILES string of the molecule is CC(CC#N)N(C)CCCC(=O)Nc1ccc(F)c(N)c1. The number of hydrogen-bond acceptors (Lipinski definition) is 4. The fraction of sp³-hybridized carbons (Fsp3) is 0.467. The molecule has 0 radical (unpaired) electrons. The number of nitrogens with zero attached hydrogens (tertiary/aromatic N) is 2. The van der Waals surface area contributed by atoms with Crippen molar-refractivity contribution in [3.63, 3.8) is 0 Å². The fourth-order valence-corrected chi connectivity index (χ4v) is 1.84. The van der Waals surface area contributed by atoms with Gasteiger partial charge in [0.15, 0.2) is 0 Å². The number of carbonyl (C=O) groups is 1. The Balaban J connectivity index is 2.34. The van der Waals surface area contributed by atoms with E-state index in [2.05, 4.69) is 11.4 Å². The van der Waals surface area contributed by atoms with Gasteiger partial charge in [-0.05, 0) is 45.1 Å². The second-order valence-electron chi connectivity index (χ2n) is 5.08. The van der Waals surface area contributed by atoms with Crippen molar-refractivity contribution in [1.82, 2.24) is 4.90 Å². The number of carbonyl (C=O) groups excluding carboxylic acids is 1. The number of nitriles is 1. The van der Waals surface area contributed by atoms with Crippen LogP contribution in [0.4, 0.5) is 15.8 Å². The minimum absolute atomic E-state index is 0.0119. The molecule has 6 heteroatoms. The van der Waals surface area contributed by atoms with Gasteiger partial charge in [-0.1, -0.05) is 0 Å². The Labute approximate surface area is 124 Å². The Kier molecular flexibility index (Phi) is 6.63. The Morgan fingerprint density at radius 1 is 1.57 bits per heavy atom. The third-order valence-corrected chi connectivity index (χ3v) is 3.33. The predicted octanol–water partition coefficient (Wildman–Crippen LogP) is 2.36. The highest BCUT2D eigenvalue weighted by molar-refractivity contribution is 5.91. The summed E-state index contributed by atoms with van der Waals surface area (Å²) in [5.41, 5.74) is 5.94. The van der Waals surface area contributed by atoms with Crippen LogP contribution >= 0.6 is 0 Å². The molecule has 1 amide bonds. The number of nitrogens with one attached hydrogen (secondary N) is 1. The van der Waals surface area contributed by atoms with Gasteiger partial charge in [0.1, 0.15) is 5.82 Å². The Bertz CT molecular complexity index is 527. The van der Waals surface area contributed by atoms with Crippen LogP contribution in [0.15, 0.2) is 18.2 Å². The summed E-state index contributed by atoms with van der Waals surface area (Å²) in [6, 6.07) is 6.40. The summed E-state index contributed by atoms with van der Waals surface area (Å²) in [4.78, 5) is 13.8. The lowest BCUT2D eigenvalue weighted by Crippen LogP contribution is -2.30. The first-order valence-corrected chi connectivity index (χ1v) is 6.86. The van der Waals surface area contributed by atoms with Crippen molar-refractivity contribution in [1.29, 1.82) is 5.26 Å².